The summed E-state index contributed by atoms with van der Waals surface area (Å²) in [7, 11) is 1.38. The second-order valence-corrected chi connectivity index (χ2v) is 5.91. The van der Waals surface area contributed by atoms with Crippen LogP contribution in [0, 0.1) is 0 Å². The van der Waals surface area contributed by atoms with Gasteiger partial charge in [0.25, 0.3) is 0 Å². The topological polar surface area (TPSA) is 114 Å². The van der Waals surface area contributed by atoms with Crippen molar-refractivity contribution in [2.75, 3.05) is 20.2 Å². The van der Waals surface area contributed by atoms with Crippen molar-refractivity contribution in [3.05, 3.63) is 17.7 Å². The average molecular weight is 312 g/mol. The van der Waals surface area contributed by atoms with Crippen LogP contribution in [0.4, 0.5) is 4.79 Å². The molecule has 0 bridgehead atoms. The molecule has 0 aromatic heterocycles. The first-order valence-corrected chi connectivity index (χ1v) is 6.94. The molecule has 7 heteroatoms. The van der Waals surface area contributed by atoms with Crippen molar-refractivity contribution >= 4 is 6.09 Å². The summed E-state index contributed by atoms with van der Waals surface area (Å²) in [6, 6.07) is 2.97. The number of ether oxygens (including phenoxy) is 2. The Bertz CT molecular complexity index is 525. The predicted molar refractivity (Wildman–Crippen MR) is 82.4 cm³/mol. The minimum atomic E-state index is -0.581. The molecule has 0 saturated carbocycles. The Labute approximate surface area is 130 Å². The maximum Gasteiger partial charge on any atom is 0.407 e. The SMILES string of the molecule is COc1cc(C(CN)CNC(=O)OC(C)(C)C)cc(O)c1O. The van der Waals surface area contributed by atoms with Crippen molar-refractivity contribution in [1.82, 2.24) is 5.32 Å². The highest BCUT2D eigenvalue weighted by molar-refractivity contribution is 5.67. The number of hydrogen-bond acceptors (Lipinski definition) is 6. The standard InChI is InChI=1S/C15H24N2O5/c1-15(2,3)22-14(20)17-8-10(7-16)9-5-11(18)13(19)12(6-9)21-4/h5-6,10,18-19H,7-8,16H2,1-4H3,(H,17,20). The molecule has 1 atom stereocenters. The molecule has 1 rings (SSSR count). The highest BCUT2D eigenvalue weighted by Gasteiger charge is 2.19. The summed E-state index contributed by atoms with van der Waals surface area (Å²) in [4.78, 5) is 11.7. The minimum Gasteiger partial charge on any atom is -0.504 e. The van der Waals surface area contributed by atoms with Gasteiger partial charge in [0, 0.05) is 19.0 Å². The number of nitrogens with one attached hydrogen (secondary N) is 1. The van der Waals surface area contributed by atoms with E-state index in [0.29, 0.717) is 5.56 Å². The Morgan fingerprint density at radius 3 is 2.50 bits per heavy atom. The Morgan fingerprint density at radius 2 is 2.00 bits per heavy atom. The van der Waals surface area contributed by atoms with E-state index in [1.54, 1.807) is 26.8 Å². The van der Waals surface area contributed by atoms with Gasteiger partial charge in [0.2, 0.25) is 5.75 Å². The van der Waals surface area contributed by atoms with Gasteiger partial charge in [-0.1, -0.05) is 0 Å². The van der Waals surface area contributed by atoms with Gasteiger partial charge in [-0.3, -0.25) is 0 Å². The summed E-state index contributed by atoms with van der Waals surface area (Å²) in [5, 5.41) is 22.0. The van der Waals surface area contributed by atoms with Gasteiger partial charge in [-0.15, -0.1) is 0 Å². The molecule has 7 nitrogen and oxygen atoms in total. The fraction of sp³-hybridized carbons (Fsp3) is 0.533. The van der Waals surface area contributed by atoms with E-state index >= 15 is 0 Å². The molecule has 1 aromatic carbocycles. The van der Waals surface area contributed by atoms with E-state index in [0.717, 1.165) is 0 Å². The molecule has 22 heavy (non-hydrogen) atoms. The number of phenols is 2. The first-order valence-electron chi connectivity index (χ1n) is 6.94. The van der Waals surface area contributed by atoms with E-state index in [9.17, 15) is 15.0 Å². The molecule has 1 amide bonds. The molecule has 124 valence electrons. The first kappa shape index (κ1) is 17.9. The van der Waals surface area contributed by atoms with Gasteiger partial charge in [-0.25, -0.2) is 4.79 Å². The average Bonchev–Trinajstić information content (AvgIpc) is 2.41. The normalized spacial score (nSPS) is 12.6. The number of hydrogen-bond donors (Lipinski definition) is 4. The lowest BCUT2D eigenvalue weighted by atomic mass is 9.98. The van der Waals surface area contributed by atoms with Crippen molar-refractivity contribution < 1.29 is 24.5 Å². The van der Waals surface area contributed by atoms with Crippen LogP contribution in [-0.4, -0.2) is 42.1 Å². The summed E-state index contributed by atoms with van der Waals surface area (Å²) in [5.74, 6) is -0.745. The van der Waals surface area contributed by atoms with Gasteiger partial charge >= 0.3 is 6.09 Å². The third-order valence-corrected chi connectivity index (χ3v) is 2.94. The van der Waals surface area contributed by atoms with E-state index in [1.165, 1.54) is 13.2 Å². The molecule has 0 aliphatic carbocycles. The number of methoxy groups -OCH3 is 1. The van der Waals surface area contributed by atoms with Crippen LogP contribution in [0.5, 0.6) is 17.2 Å². The molecule has 0 fully saturated rings. The monoisotopic (exact) mass is 312 g/mol. The number of carbonyl (C=O) groups is 1. The number of carbonyl (C=O) groups excluding carboxylic acids is 1. The van der Waals surface area contributed by atoms with Crippen LogP contribution in [0.15, 0.2) is 12.1 Å². The highest BCUT2D eigenvalue weighted by Crippen LogP contribution is 2.38. The molecular formula is C15H24N2O5. The Kier molecular flexibility index (Phi) is 5.87. The third kappa shape index (κ3) is 5.00. The smallest absolute Gasteiger partial charge is 0.407 e. The van der Waals surface area contributed by atoms with Crippen molar-refractivity contribution in [3.63, 3.8) is 0 Å². The Hall–Kier alpha value is -2.15. The number of nitrogens with two attached hydrogens (primary N) is 1. The zero-order valence-electron chi connectivity index (χ0n) is 13.3. The number of phenolic OH excluding ortho intramolecular Hbond substituents is 2. The Balaban J connectivity index is 2.80. The van der Waals surface area contributed by atoms with Crippen molar-refractivity contribution in [2.24, 2.45) is 5.73 Å². The van der Waals surface area contributed by atoms with E-state index in [-0.39, 0.29) is 36.3 Å². The fourth-order valence-corrected chi connectivity index (χ4v) is 1.86. The van der Waals surface area contributed by atoms with Crippen LogP contribution in [0.25, 0.3) is 0 Å². The fourth-order valence-electron chi connectivity index (χ4n) is 1.86. The summed E-state index contributed by atoms with van der Waals surface area (Å²) in [6.45, 7) is 5.80. The maximum atomic E-state index is 11.7. The van der Waals surface area contributed by atoms with E-state index < -0.39 is 11.7 Å². The van der Waals surface area contributed by atoms with Gasteiger partial charge in [-0.05, 0) is 38.5 Å². The lowest BCUT2D eigenvalue weighted by molar-refractivity contribution is 0.0525. The molecule has 5 N–H and O–H groups in total. The van der Waals surface area contributed by atoms with Crippen molar-refractivity contribution in [2.45, 2.75) is 32.3 Å². The molecule has 0 aliphatic heterocycles. The number of amides is 1. The van der Waals surface area contributed by atoms with Crippen molar-refractivity contribution in [3.8, 4) is 17.2 Å². The maximum absolute atomic E-state index is 11.7. The predicted octanol–water partition coefficient (Wildman–Crippen LogP) is 1.67. The molecule has 1 aromatic rings. The van der Waals surface area contributed by atoms with Gasteiger partial charge in [0.1, 0.15) is 5.60 Å². The largest absolute Gasteiger partial charge is 0.504 e. The van der Waals surface area contributed by atoms with Crippen LogP contribution in [-0.2, 0) is 4.74 Å². The second kappa shape index (κ2) is 7.22. The van der Waals surface area contributed by atoms with E-state index in [1.807, 2.05) is 0 Å². The van der Waals surface area contributed by atoms with Crippen LogP contribution >= 0.6 is 0 Å². The number of alkyl carbamates (subject to hydrolysis) is 1. The van der Waals surface area contributed by atoms with Crippen LogP contribution in [0.1, 0.15) is 32.3 Å². The summed E-state index contributed by atoms with van der Waals surface area (Å²) >= 11 is 0. The molecular weight excluding hydrogens is 288 g/mol. The first-order chi connectivity index (χ1) is 10.2. The third-order valence-electron chi connectivity index (χ3n) is 2.94. The van der Waals surface area contributed by atoms with Gasteiger partial charge in [0.15, 0.2) is 11.5 Å². The van der Waals surface area contributed by atoms with Gasteiger partial charge in [-0.2, -0.15) is 0 Å². The highest BCUT2D eigenvalue weighted by atomic mass is 16.6. The van der Waals surface area contributed by atoms with Crippen LogP contribution < -0.4 is 15.8 Å². The zero-order valence-corrected chi connectivity index (χ0v) is 13.3. The van der Waals surface area contributed by atoms with E-state index in [2.05, 4.69) is 5.32 Å². The number of benzene rings is 1. The lowest BCUT2D eigenvalue weighted by Crippen LogP contribution is -2.36. The summed E-state index contributed by atoms with van der Waals surface area (Å²) in [6.07, 6.45) is -0.541. The molecule has 0 radical (unpaired) electrons. The molecule has 0 saturated heterocycles. The van der Waals surface area contributed by atoms with Crippen LogP contribution in [0.3, 0.4) is 0 Å². The minimum absolute atomic E-state index is 0.144. The molecule has 0 aliphatic rings. The van der Waals surface area contributed by atoms with Gasteiger partial charge in [0.05, 0.1) is 7.11 Å². The quantitative estimate of drug-likeness (QED) is 0.615. The van der Waals surface area contributed by atoms with Gasteiger partial charge < -0.3 is 30.7 Å². The van der Waals surface area contributed by atoms with Crippen molar-refractivity contribution in [1.29, 1.82) is 0 Å². The number of aromatic hydroxyl groups is 2. The summed E-state index contributed by atoms with van der Waals surface area (Å²) in [5.41, 5.74) is 5.78. The molecule has 1 unspecified atom stereocenters. The lowest BCUT2D eigenvalue weighted by Gasteiger charge is -2.22. The van der Waals surface area contributed by atoms with E-state index in [4.69, 9.17) is 15.2 Å². The second-order valence-electron chi connectivity index (χ2n) is 5.91. The Morgan fingerprint density at radius 1 is 1.36 bits per heavy atom. The zero-order chi connectivity index (χ0) is 16.9. The summed E-state index contributed by atoms with van der Waals surface area (Å²) < 4.78 is 10.1. The molecule has 0 heterocycles. The van der Waals surface area contributed by atoms with Crippen LogP contribution in [0.2, 0.25) is 0 Å². The number of rotatable bonds is 5. The molecule has 0 spiro atoms.